The number of carbonyl (C=O) groups excluding carboxylic acids is 1. The molecule has 6 nitrogen and oxygen atoms in total. The molecule has 28 heavy (non-hydrogen) atoms. The van der Waals surface area contributed by atoms with Crippen molar-refractivity contribution in [2.45, 2.75) is 26.9 Å². The Morgan fingerprint density at radius 1 is 1.18 bits per heavy atom. The minimum absolute atomic E-state index is 0.0504. The van der Waals surface area contributed by atoms with E-state index in [0.29, 0.717) is 11.3 Å². The normalized spacial score (nSPS) is 11.2. The molecule has 0 atom stereocenters. The van der Waals surface area contributed by atoms with Crippen molar-refractivity contribution < 1.29 is 9.63 Å². The summed E-state index contributed by atoms with van der Waals surface area (Å²) in [5.74, 6) is -0.173. The van der Waals surface area contributed by atoms with E-state index in [9.17, 15) is 4.79 Å². The van der Waals surface area contributed by atoms with Crippen molar-refractivity contribution in [2.24, 2.45) is 12.2 Å². The fourth-order valence-electron chi connectivity index (χ4n) is 2.82. The maximum absolute atomic E-state index is 12.7. The van der Waals surface area contributed by atoms with Gasteiger partial charge in [-0.1, -0.05) is 47.6 Å². The van der Waals surface area contributed by atoms with Crippen LogP contribution in [0.4, 0.5) is 5.69 Å². The number of nitrogens with zero attached hydrogens (tertiary/aromatic N) is 3. The topological polar surface area (TPSA) is 68.5 Å². The van der Waals surface area contributed by atoms with E-state index in [4.69, 9.17) is 4.84 Å². The average molecular weight is 376 g/mol. The van der Waals surface area contributed by atoms with E-state index in [1.165, 1.54) is 0 Å². The second kappa shape index (κ2) is 8.52. The van der Waals surface area contributed by atoms with Gasteiger partial charge in [0.25, 0.3) is 5.91 Å². The van der Waals surface area contributed by atoms with Gasteiger partial charge in [0.2, 0.25) is 0 Å². The number of nitrogens with one attached hydrogen (secondary N) is 1. The predicted octanol–water partition coefficient (Wildman–Crippen LogP) is 4.41. The molecule has 0 spiro atoms. The summed E-state index contributed by atoms with van der Waals surface area (Å²) < 4.78 is 1.64. The van der Waals surface area contributed by atoms with Crippen molar-refractivity contribution in [3.05, 3.63) is 71.5 Å². The van der Waals surface area contributed by atoms with Crippen LogP contribution in [0.3, 0.4) is 0 Å². The van der Waals surface area contributed by atoms with Gasteiger partial charge in [-0.2, -0.15) is 5.10 Å². The predicted molar refractivity (Wildman–Crippen MR) is 112 cm³/mol. The molecule has 3 aromatic rings. The molecule has 1 heterocycles. The highest BCUT2D eigenvalue weighted by Gasteiger charge is 2.14. The van der Waals surface area contributed by atoms with Crippen LogP contribution in [-0.4, -0.2) is 28.0 Å². The molecule has 144 valence electrons. The number of aromatic nitrogens is 2. The molecule has 1 N–H and O–H groups in total. The zero-order valence-corrected chi connectivity index (χ0v) is 16.5. The largest absolute Gasteiger partial charge is 0.393 e. The summed E-state index contributed by atoms with van der Waals surface area (Å²) in [6.45, 7) is 5.68. The molecule has 0 radical (unpaired) electrons. The van der Waals surface area contributed by atoms with Crippen LogP contribution in [0, 0.1) is 6.92 Å². The van der Waals surface area contributed by atoms with Crippen molar-refractivity contribution in [3.8, 4) is 11.1 Å². The summed E-state index contributed by atoms with van der Waals surface area (Å²) in [4.78, 5) is 17.9. The first-order valence-corrected chi connectivity index (χ1v) is 9.14. The molecule has 0 bridgehead atoms. The Hall–Kier alpha value is -3.41. The van der Waals surface area contributed by atoms with Crippen LogP contribution < -0.4 is 5.32 Å². The quantitative estimate of drug-likeness (QED) is 0.512. The number of anilines is 1. The van der Waals surface area contributed by atoms with Crippen molar-refractivity contribution in [3.63, 3.8) is 0 Å². The summed E-state index contributed by atoms with van der Waals surface area (Å²) in [5, 5.41) is 11.2. The van der Waals surface area contributed by atoms with Gasteiger partial charge in [-0.25, -0.2) is 0 Å². The van der Waals surface area contributed by atoms with Crippen molar-refractivity contribution in [1.29, 1.82) is 0 Å². The third-order valence-electron chi connectivity index (χ3n) is 4.13. The van der Waals surface area contributed by atoms with E-state index in [-0.39, 0.29) is 12.0 Å². The lowest BCUT2D eigenvalue weighted by Crippen LogP contribution is -2.13. The summed E-state index contributed by atoms with van der Waals surface area (Å²) >= 11 is 0. The third-order valence-corrected chi connectivity index (χ3v) is 4.13. The van der Waals surface area contributed by atoms with Gasteiger partial charge in [-0.15, -0.1) is 0 Å². The molecule has 1 amide bonds. The Morgan fingerprint density at radius 2 is 1.89 bits per heavy atom. The van der Waals surface area contributed by atoms with E-state index >= 15 is 0 Å². The Balaban J connectivity index is 1.81. The molecule has 0 saturated carbocycles. The van der Waals surface area contributed by atoms with Gasteiger partial charge in [-0.05, 0) is 38.0 Å². The summed E-state index contributed by atoms with van der Waals surface area (Å²) in [6.07, 6.45) is 3.46. The van der Waals surface area contributed by atoms with Gasteiger partial charge in [-0.3, -0.25) is 9.48 Å². The number of oxime groups is 1. The zero-order chi connectivity index (χ0) is 20.1. The van der Waals surface area contributed by atoms with Gasteiger partial charge >= 0.3 is 0 Å². The van der Waals surface area contributed by atoms with Crippen LogP contribution in [0.2, 0.25) is 0 Å². The molecule has 3 rings (SSSR count). The van der Waals surface area contributed by atoms with Crippen LogP contribution in [0.5, 0.6) is 0 Å². The molecule has 0 aliphatic heterocycles. The standard InChI is InChI=1S/C22H24N4O2/c1-15(2)28-23-13-17-9-11-18(12-10-17)19-7-5-6-8-21(19)24-22(27)20-14-26(4)25-16(20)3/h5-15H,1-4H3,(H,24,27)/b23-13-. The highest BCUT2D eigenvalue weighted by Crippen LogP contribution is 2.28. The van der Waals surface area contributed by atoms with Crippen LogP contribution in [0.15, 0.2) is 59.9 Å². The monoisotopic (exact) mass is 376 g/mol. The lowest BCUT2D eigenvalue weighted by Gasteiger charge is -2.11. The van der Waals surface area contributed by atoms with E-state index in [0.717, 1.165) is 22.4 Å². The SMILES string of the molecule is Cc1nn(C)cc1C(=O)Nc1ccccc1-c1ccc(/C=N\OC(C)C)cc1. The Labute approximate surface area is 164 Å². The molecule has 0 aliphatic rings. The fraction of sp³-hybridized carbons (Fsp3) is 0.227. The molecule has 6 heteroatoms. The number of carbonyl (C=O) groups is 1. The fourth-order valence-corrected chi connectivity index (χ4v) is 2.82. The number of benzene rings is 2. The van der Waals surface area contributed by atoms with Gasteiger partial charge in [0.1, 0.15) is 6.10 Å². The number of amides is 1. The molecule has 1 aromatic heterocycles. The van der Waals surface area contributed by atoms with Gasteiger partial charge in [0, 0.05) is 24.5 Å². The molecule has 0 saturated heterocycles. The van der Waals surface area contributed by atoms with Crippen LogP contribution in [0.1, 0.15) is 35.5 Å². The smallest absolute Gasteiger partial charge is 0.259 e. The lowest BCUT2D eigenvalue weighted by molar-refractivity contribution is 0.0873. The second-order valence-corrected chi connectivity index (χ2v) is 6.81. The third kappa shape index (κ3) is 4.65. The first-order valence-electron chi connectivity index (χ1n) is 9.14. The van der Waals surface area contributed by atoms with Crippen molar-refractivity contribution in [2.75, 3.05) is 5.32 Å². The summed E-state index contributed by atoms with van der Waals surface area (Å²) in [6, 6.07) is 15.7. The molecular formula is C22H24N4O2. The van der Waals surface area contributed by atoms with Crippen molar-refractivity contribution >= 4 is 17.8 Å². The molecule has 0 fully saturated rings. The maximum atomic E-state index is 12.7. The number of aryl methyl sites for hydroxylation is 2. The van der Waals surface area contributed by atoms with Crippen LogP contribution >= 0.6 is 0 Å². The van der Waals surface area contributed by atoms with E-state index in [1.807, 2.05) is 69.3 Å². The Kier molecular flexibility index (Phi) is 5.89. The first-order chi connectivity index (χ1) is 13.4. The number of hydrogen-bond acceptors (Lipinski definition) is 4. The van der Waals surface area contributed by atoms with E-state index in [2.05, 4.69) is 15.6 Å². The maximum Gasteiger partial charge on any atom is 0.259 e. The number of rotatable bonds is 6. The van der Waals surface area contributed by atoms with Gasteiger partial charge < -0.3 is 10.2 Å². The highest BCUT2D eigenvalue weighted by molar-refractivity contribution is 6.06. The first kappa shape index (κ1) is 19.4. The molecule has 0 aliphatic carbocycles. The van der Waals surface area contributed by atoms with Crippen LogP contribution in [0.25, 0.3) is 11.1 Å². The lowest BCUT2D eigenvalue weighted by atomic mass is 10.0. The summed E-state index contributed by atoms with van der Waals surface area (Å²) in [5.41, 5.74) is 4.90. The highest BCUT2D eigenvalue weighted by atomic mass is 16.6. The minimum Gasteiger partial charge on any atom is -0.393 e. The van der Waals surface area contributed by atoms with E-state index < -0.39 is 0 Å². The number of hydrogen-bond donors (Lipinski definition) is 1. The molecular weight excluding hydrogens is 352 g/mol. The average Bonchev–Trinajstić information content (AvgIpc) is 3.01. The molecule has 2 aromatic carbocycles. The van der Waals surface area contributed by atoms with E-state index in [1.54, 1.807) is 24.1 Å². The van der Waals surface area contributed by atoms with Crippen LogP contribution in [-0.2, 0) is 11.9 Å². The van der Waals surface area contributed by atoms with Gasteiger partial charge in [0.15, 0.2) is 0 Å². The number of para-hydroxylation sites is 1. The van der Waals surface area contributed by atoms with Gasteiger partial charge in [0.05, 0.1) is 17.5 Å². The Bertz CT molecular complexity index is 988. The molecule has 0 unspecified atom stereocenters. The Morgan fingerprint density at radius 3 is 2.54 bits per heavy atom. The van der Waals surface area contributed by atoms with Crippen molar-refractivity contribution in [1.82, 2.24) is 9.78 Å². The minimum atomic E-state index is -0.173. The second-order valence-electron chi connectivity index (χ2n) is 6.81. The summed E-state index contributed by atoms with van der Waals surface area (Å²) in [7, 11) is 1.80. The zero-order valence-electron chi connectivity index (χ0n) is 16.5.